The summed E-state index contributed by atoms with van der Waals surface area (Å²) in [4.78, 5) is 0. The normalized spacial score (nSPS) is 15.0. The van der Waals surface area contributed by atoms with Crippen LogP contribution in [0.25, 0.3) is 0 Å². The van der Waals surface area contributed by atoms with E-state index in [9.17, 15) is 8.78 Å². The molecule has 13 heavy (non-hydrogen) atoms. The third kappa shape index (κ3) is 6.90. The van der Waals surface area contributed by atoms with Crippen LogP contribution in [0.15, 0.2) is 0 Å². The largest absolute Gasteiger partial charge is 0.327 e. The van der Waals surface area contributed by atoms with Crippen molar-refractivity contribution < 1.29 is 8.78 Å². The van der Waals surface area contributed by atoms with E-state index in [0.29, 0.717) is 6.54 Å². The topological polar surface area (TPSA) is 38.0 Å². The highest BCUT2D eigenvalue weighted by Gasteiger charge is 2.19. The van der Waals surface area contributed by atoms with Crippen LogP contribution in [0.2, 0.25) is 0 Å². The van der Waals surface area contributed by atoms with Gasteiger partial charge in [0.05, 0.1) is 6.54 Å². The maximum atomic E-state index is 11.7. The summed E-state index contributed by atoms with van der Waals surface area (Å²) in [6.45, 7) is 6.46. The van der Waals surface area contributed by atoms with Crippen molar-refractivity contribution in [3.63, 3.8) is 0 Å². The number of halogens is 2. The number of hydrogen-bond acceptors (Lipinski definition) is 2. The molecule has 1 atom stereocenters. The first-order chi connectivity index (χ1) is 5.84. The summed E-state index contributed by atoms with van der Waals surface area (Å²) in [5.41, 5.74) is 5.89. The van der Waals surface area contributed by atoms with Crippen molar-refractivity contribution in [2.24, 2.45) is 11.1 Å². The number of hydrogen-bond donors (Lipinski definition) is 2. The predicted octanol–water partition coefficient (Wildman–Crippen LogP) is 1.60. The van der Waals surface area contributed by atoms with E-state index < -0.39 is 6.43 Å². The summed E-state index contributed by atoms with van der Waals surface area (Å²) in [5, 5.41) is 2.66. The van der Waals surface area contributed by atoms with Crippen molar-refractivity contribution in [3.8, 4) is 0 Å². The van der Waals surface area contributed by atoms with Crippen molar-refractivity contribution in [2.75, 3.05) is 13.1 Å². The zero-order valence-corrected chi connectivity index (χ0v) is 8.61. The molecule has 0 saturated carbocycles. The second kappa shape index (κ2) is 5.50. The van der Waals surface area contributed by atoms with Crippen molar-refractivity contribution in [1.82, 2.24) is 5.32 Å². The second-order valence-electron chi connectivity index (χ2n) is 4.36. The molecule has 0 saturated heterocycles. The molecule has 0 aromatic rings. The molecule has 0 radical (unpaired) electrons. The maximum Gasteiger partial charge on any atom is 0.250 e. The van der Waals surface area contributed by atoms with Gasteiger partial charge in [-0.3, -0.25) is 0 Å². The fourth-order valence-electron chi connectivity index (χ4n) is 0.902. The van der Waals surface area contributed by atoms with Crippen molar-refractivity contribution in [3.05, 3.63) is 0 Å². The van der Waals surface area contributed by atoms with Gasteiger partial charge in [0, 0.05) is 6.04 Å². The Kier molecular flexibility index (Phi) is 5.40. The standard InChI is InChI=1S/C9H20F2N2/c1-9(2,3)7(12)4-5-13-6-8(10)11/h7-8,13H,4-6,12H2,1-3H3. The van der Waals surface area contributed by atoms with Gasteiger partial charge < -0.3 is 11.1 Å². The van der Waals surface area contributed by atoms with Gasteiger partial charge >= 0.3 is 0 Å². The molecule has 0 amide bonds. The lowest BCUT2D eigenvalue weighted by atomic mass is 9.85. The summed E-state index contributed by atoms with van der Waals surface area (Å²) in [6, 6.07) is 0.0534. The van der Waals surface area contributed by atoms with E-state index in [4.69, 9.17) is 5.73 Å². The van der Waals surface area contributed by atoms with Crippen molar-refractivity contribution in [2.45, 2.75) is 39.7 Å². The minimum Gasteiger partial charge on any atom is -0.327 e. The summed E-state index contributed by atoms with van der Waals surface area (Å²) in [5.74, 6) is 0. The summed E-state index contributed by atoms with van der Waals surface area (Å²) in [6.07, 6.45) is -1.54. The first-order valence-electron chi connectivity index (χ1n) is 4.58. The third-order valence-electron chi connectivity index (χ3n) is 2.04. The molecule has 0 fully saturated rings. The Bertz CT molecular complexity index is 132. The van der Waals surface area contributed by atoms with Gasteiger partial charge in [0.1, 0.15) is 0 Å². The molecule has 2 nitrogen and oxygen atoms in total. The highest BCUT2D eigenvalue weighted by atomic mass is 19.3. The molecule has 0 spiro atoms. The zero-order chi connectivity index (χ0) is 10.5. The van der Waals surface area contributed by atoms with E-state index in [1.165, 1.54) is 0 Å². The van der Waals surface area contributed by atoms with E-state index >= 15 is 0 Å². The Morgan fingerprint density at radius 2 is 1.85 bits per heavy atom. The Morgan fingerprint density at radius 1 is 1.31 bits per heavy atom. The number of nitrogens with one attached hydrogen (secondary N) is 1. The van der Waals surface area contributed by atoms with Crippen LogP contribution in [0.5, 0.6) is 0 Å². The van der Waals surface area contributed by atoms with Gasteiger partial charge in [-0.2, -0.15) is 0 Å². The van der Waals surface area contributed by atoms with Crippen LogP contribution in [-0.2, 0) is 0 Å². The van der Waals surface area contributed by atoms with Gasteiger partial charge in [0.2, 0.25) is 0 Å². The van der Waals surface area contributed by atoms with Crippen LogP contribution in [-0.4, -0.2) is 25.6 Å². The molecule has 80 valence electrons. The average molecular weight is 194 g/mol. The minimum atomic E-state index is -2.27. The Hall–Kier alpha value is -0.220. The lowest BCUT2D eigenvalue weighted by Gasteiger charge is -2.27. The number of nitrogens with two attached hydrogens (primary N) is 1. The van der Waals surface area contributed by atoms with Gasteiger partial charge in [-0.05, 0) is 18.4 Å². The molecule has 0 rings (SSSR count). The van der Waals surface area contributed by atoms with Crippen LogP contribution < -0.4 is 11.1 Å². The van der Waals surface area contributed by atoms with Crippen LogP contribution >= 0.6 is 0 Å². The van der Waals surface area contributed by atoms with Crippen LogP contribution in [0, 0.1) is 5.41 Å². The highest BCUT2D eigenvalue weighted by Crippen LogP contribution is 2.18. The van der Waals surface area contributed by atoms with Crippen LogP contribution in [0.3, 0.4) is 0 Å². The quantitative estimate of drug-likeness (QED) is 0.652. The predicted molar refractivity (Wildman–Crippen MR) is 50.9 cm³/mol. The second-order valence-corrected chi connectivity index (χ2v) is 4.36. The van der Waals surface area contributed by atoms with Crippen molar-refractivity contribution in [1.29, 1.82) is 0 Å². The molecule has 0 aromatic heterocycles. The minimum absolute atomic E-state index is 0.0481. The fourth-order valence-corrected chi connectivity index (χ4v) is 0.902. The average Bonchev–Trinajstić information content (AvgIpc) is 1.95. The molecular formula is C9H20F2N2. The lowest BCUT2D eigenvalue weighted by Crippen LogP contribution is -2.38. The van der Waals surface area contributed by atoms with Crippen molar-refractivity contribution >= 4 is 0 Å². The molecule has 0 heterocycles. The number of alkyl halides is 2. The molecule has 3 N–H and O–H groups in total. The first kappa shape index (κ1) is 12.8. The van der Waals surface area contributed by atoms with Gasteiger partial charge in [0.15, 0.2) is 0 Å². The lowest BCUT2D eigenvalue weighted by molar-refractivity contribution is 0.145. The molecule has 1 unspecified atom stereocenters. The van der Waals surface area contributed by atoms with Gasteiger partial charge in [-0.1, -0.05) is 20.8 Å². The third-order valence-corrected chi connectivity index (χ3v) is 2.04. The molecular weight excluding hydrogens is 174 g/mol. The number of rotatable bonds is 5. The first-order valence-corrected chi connectivity index (χ1v) is 4.58. The Balaban J connectivity index is 3.43. The molecule has 4 heteroatoms. The van der Waals surface area contributed by atoms with Gasteiger partial charge in [-0.25, -0.2) is 8.78 Å². The molecule has 0 aliphatic heterocycles. The van der Waals surface area contributed by atoms with E-state index in [2.05, 4.69) is 5.32 Å². The Morgan fingerprint density at radius 3 is 2.23 bits per heavy atom. The summed E-state index contributed by atoms with van der Waals surface area (Å²) >= 11 is 0. The monoisotopic (exact) mass is 194 g/mol. The van der Waals surface area contributed by atoms with E-state index in [-0.39, 0.29) is 18.0 Å². The molecule has 0 aliphatic carbocycles. The summed E-state index contributed by atoms with van der Waals surface area (Å²) < 4.78 is 23.4. The fraction of sp³-hybridized carbons (Fsp3) is 1.00. The molecule has 0 aliphatic rings. The zero-order valence-electron chi connectivity index (χ0n) is 8.61. The van der Waals surface area contributed by atoms with E-state index in [1.807, 2.05) is 20.8 Å². The van der Waals surface area contributed by atoms with Gasteiger partial charge in [-0.15, -0.1) is 0 Å². The highest BCUT2D eigenvalue weighted by molar-refractivity contribution is 4.77. The van der Waals surface area contributed by atoms with Crippen LogP contribution in [0.1, 0.15) is 27.2 Å². The summed E-state index contributed by atoms with van der Waals surface area (Å²) in [7, 11) is 0. The SMILES string of the molecule is CC(C)(C)C(N)CCNCC(F)F. The van der Waals surface area contributed by atoms with Crippen LogP contribution in [0.4, 0.5) is 8.78 Å². The van der Waals surface area contributed by atoms with Gasteiger partial charge in [0.25, 0.3) is 6.43 Å². The Labute approximate surface area is 78.9 Å². The maximum absolute atomic E-state index is 11.7. The molecule has 0 aromatic carbocycles. The van der Waals surface area contributed by atoms with E-state index in [1.54, 1.807) is 0 Å². The molecule has 0 bridgehead atoms. The smallest absolute Gasteiger partial charge is 0.250 e. The van der Waals surface area contributed by atoms with E-state index in [0.717, 1.165) is 6.42 Å².